The molecule has 0 saturated carbocycles. The number of phenolic OH excluding ortho intramolecular Hbond substituents is 1. The highest BCUT2D eigenvalue weighted by atomic mass is 35.5. The summed E-state index contributed by atoms with van der Waals surface area (Å²) < 4.78 is 0.493. The Kier molecular flexibility index (Phi) is 5.81. The lowest BCUT2D eigenvalue weighted by molar-refractivity contribution is -0.121. The normalized spacial score (nSPS) is 15.7. The number of nitrogens with zero attached hydrogens (tertiary/aromatic N) is 1. The summed E-state index contributed by atoms with van der Waals surface area (Å²) in [6.45, 7) is 4.02. The van der Waals surface area contributed by atoms with Gasteiger partial charge in [-0.2, -0.15) is 0 Å². The number of thiocarbonyl (C=S) groups is 1. The molecule has 1 fully saturated rings. The highest BCUT2D eigenvalue weighted by Crippen LogP contribution is 2.34. The van der Waals surface area contributed by atoms with Gasteiger partial charge in [0.05, 0.1) is 4.91 Å². The molecule has 132 valence electrons. The molecule has 0 atom stereocenters. The maximum absolute atomic E-state index is 12.4. The number of carbonyl (C=O) groups is 1. The third-order valence-electron chi connectivity index (χ3n) is 3.92. The number of amides is 1. The zero-order chi connectivity index (χ0) is 18.7. The van der Waals surface area contributed by atoms with Crippen molar-refractivity contribution in [3.05, 3.63) is 81.7 Å². The molecule has 1 heterocycles. The Balaban J connectivity index is 1.89. The number of thioether (sulfide) groups is 1. The van der Waals surface area contributed by atoms with E-state index in [0.717, 1.165) is 11.1 Å². The van der Waals surface area contributed by atoms with Crippen LogP contribution in [0.3, 0.4) is 0 Å². The number of aromatic hydroxyl groups is 1. The van der Waals surface area contributed by atoms with Crippen LogP contribution in [0.4, 0.5) is 0 Å². The van der Waals surface area contributed by atoms with E-state index in [1.54, 1.807) is 18.2 Å². The molecule has 3 rings (SSSR count). The Morgan fingerprint density at radius 1 is 1.27 bits per heavy atom. The van der Waals surface area contributed by atoms with Gasteiger partial charge in [-0.05, 0) is 41.8 Å². The van der Waals surface area contributed by atoms with E-state index in [2.05, 4.69) is 6.58 Å². The molecule has 0 unspecified atom stereocenters. The smallest absolute Gasteiger partial charge is 0.266 e. The number of benzene rings is 2. The molecule has 3 nitrogen and oxygen atoms in total. The van der Waals surface area contributed by atoms with Gasteiger partial charge >= 0.3 is 0 Å². The van der Waals surface area contributed by atoms with Crippen molar-refractivity contribution < 1.29 is 9.90 Å². The molecular formula is C20H16ClNO2S2. The minimum atomic E-state index is -0.171. The van der Waals surface area contributed by atoms with Gasteiger partial charge in [0.15, 0.2) is 0 Å². The van der Waals surface area contributed by atoms with Crippen molar-refractivity contribution in [2.75, 3.05) is 6.54 Å². The first-order valence-corrected chi connectivity index (χ1v) is 9.51. The lowest BCUT2D eigenvalue weighted by atomic mass is 10.0. The minimum absolute atomic E-state index is 0.113. The van der Waals surface area contributed by atoms with Gasteiger partial charge in [0.25, 0.3) is 5.91 Å². The Labute approximate surface area is 167 Å². The monoisotopic (exact) mass is 401 g/mol. The summed E-state index contributed by atoms with van der Waals surface area (Å²) in [5.41, 5.74) is 2.57. The van der Waals surface area contributed by atoms with Crippen molar-refractivity contribution in [2.45, 2.75) is 6.42 Å². The van der Waals surface area contributed by atoms with Crippen LogP contribution in [-0.2, 0) is 11.2 Å². The Morgan fingerprint density at radius 3 is 2.77 bits per heavy atom. The van der Waals surface area contributed by atoms with Crippen molar-refractivity contribution in [1.29, 1.82) is 0 Å². The molecule has 0 aromatic heterocycles. The van der Waals surface area contributed by atoms with Crippen LogP contribution in [0.15, 0.2) is 60.0 Å². The summed E-state index contributed by atoms with van der Waals surface area (Å²) in [4.78, 5) is 14.4. The van der Waals surface area contributed by atoms with Gasteiger partial charge in [-0.15, -0.1) is 6.58 Å². The molecule has 1 amide bonds. The second kappa shape index (κ2) is 8.08. The quantitative estimate of drug-likeness (QED) is 0.433. The van der Waals surface area contributed by atoms with Gasteiger partial charge < -0.3 is 5.11 Å². The molecule has 2 aromatic carbocycles. The predicted molar refractivity (Wildman–Crippen MR) is 112 cm³/mol. The lowest BCUT2D eigenvalue weighted by Gasteiger charge is -2.10. The fraction of sp³-hybridized carbons (Fsp3) is 0.100. The average Bonchev–Trinajstić information content (AvgIpc) is 2.88. The molecular weight excluding hydrogens is 386 g/mol. The van der Waals surface area contributed by atoms with Crippen LogP contribution in [0.1, 0.15) is 16.7 Å². The Bertz CT molecular complexity index is 924. The lowest BCUT2D eigenvalue weighted by Crippen LogP contribution is -2.27. The number of hydrogen-bond acceptors (Lipinski definition) is 4. The molecule has 0 spiro atoms. The van der Waals surface area contributed by atoms with Gasteiger partial charge in [0, 0.05) is 17.1 Å². The van der Waals surface area contributed by atoms with Crippen LogP contribution < -0.4 is 0 Å². The molecule has 1 saturated heterocycles. The van der Waals surface area contributed by atoms with Crippen LogP contribution in [-0.4, -0.2) is 26.8 Å². The van der Waals surface area contributed by atoms with Crippen molar-refractivity contribution >= 4 is 51.9 Å². The van der Waals surface area contributed by atoms with Crippen LogP contribution in [0.25, 0.3) is 6.08 Å². The molecule has 1 aliphatic heterocycles. The third-order valence-corrected chi connectivity index (χ3v) is 5.66. The second-order valence-corrected chi connectivity index (χ2v) is 7.83. The number of phenols is 1. The topological polar surface area (TPSA) is 40.5 Å². The van der Waals surface area contributed by atoms with Crippen LogP contribution in [0.2, 0.25) is 5.02 Å². The van der Waals surface area contributed by atoms with Crippen LogP contribution >= 0.6 is 35.6 Å². The van der Waals surface area contributed by atoms with E-state index in [4.69, 9.17) is 23.8 Å². The van der Waals surface area contributed by atoms with Crippen molar-refractivity contribution in [3.63, 3.8) is 0 Å². The molecule has 26 heavy (non-hydrogen) atoms. The summed E-state index contributed by atoms with van der Waals surface area (Å²) in [7, 11) is 0. The highest BCUT2D eigenvalue weighted by molar-refractivity contribution is 8.26. The Hall–Kier alpha value is -2.08. The van der Waals surface area contributed by atoms with E-state index in [-0.39, 0.29) is 11.7 Å². The molecule has 0 bridgehead atoms. The fourth-order valence-corrected chi connectivity index (χ4v) is 4.09. The maximum atomic E-state index is 12.4. The summed E-state index contributed by atoms with van der Waals surface area (Å²) in [5, 5.41) is 10.9. The first kappa shape index (κ1) is 18.7. The van der Waals surface area contributed by atoms with Crippen molar-refractivity contribution in [2.24, 2.45) is 0 Å². The molecule has 2 aromatic rings. The SMILES string of the molecule is C=CCN1C(=O)/C(=C\c2cc(Cc3ccccc3Cl)ccc2O)SC1=S. The first-order chi connectivity index (χ1) is 12.5. The average molecular weight is 402 g/mol. The van der Waals surface area contributed by atoms with Crippen molar-refractivity contribution in [3.8, 4) is 5.75 Å². The fourth-order valence-electron chi connectivity index (χ4n) is 2.62. The summed E-state index contributed by atoms with van der Waals surface area (Å²) in [6.07, 6.45) is 3.95. The van der Waals surface area contributed by atoms with Crippen molar-refractivity contribution in [1.82, 2.24) is 4.90 Å². The number of hydrogen-bond donors (Lipinski definition) is 1. The Morgan fingerprint density at radius 2 is 2.04 bits per heavy atom. The molecule has 0 radical (unpaired) electrons. The molecule has 6 heteroatoms. The van der Waals surface area contributed by atoms with E-state index in [9.17, 15) is 9.90 Å². The molecule has 0 aliphatic carbocycles. The molecule has 1 N–H and O–H groups in total. The number of rotatable bonds is 5. The van der Waals surface area contributed by atoms with Gasteiger partial charge in [0.1, 0.15) is 10.1 Å². The van der Waals surface area contributed by atoms with Gasteiger partial charge in [0.2, 0.25) is 0 Å². The first-order valence-electron chi connectivity index (χ1n) is 7.91. The minimum Gasteiger partial charge on any atom is -0.507 e. The highest BCUT2D eigenvalue weighted by Gasteiger charge is 2.31. The zero-order valence-corrected chi connectivity index (χ0v) is 16.2. The van der Waals surface area contributed by atoms with E-state index in [0.29, 0.717) is 32.8 Å². The van der Waals surface area contributed by atoms with Gasteiger partial charge in [-0.25, -0.2) is 0 Å². The van der Waals surface area contributed by atoms with Gasteiger partial charge in [-0.1, -0.05) is 65.9 Å². The number of halogens is 1. The number of carbonyl (C=O) groups excluding carboxylic acids is 1. The summed E-state index contributed by atoms with van der Waals surface area (Å²) >= 11 is 12.7. The largest absolute Gasteiger partial charge is 0.507 e. The third kappa shape index (κ3) is 4.01. The van der Waals surface area contributed by atoms with Crippen LogP contribution in [0, 0.1) is 0 Å². The standard InChI is InChI=1S/C20H16ClNO2S2/c1-2-9-22-19(24)18(26-20(22)25)12-15-11-13(7-8-17(15)23)10-14-5-3-4-6-16(14)21/h2-8,11-12,23H,1,9-10H2/b18-12+. The molecule has 1 aliphatic rings. The van der Waals surface area contributed by atoms with E-state index >= 15 is 0 Å². The van der Waals surface area contributed by atoms with E-state index < -0.39 is 0 Å². The predicted octanol–water partition coefficient (Wildman–Crippen LogP) is 5.02. The van der Waals surface area contributed by atoms with Crippen LogP contribution in [0.5, 0.6) is 5.75 Å². The summed E-state index contributed by atoms with van der Waals surface area (Å²) in [5.74, 6) is -0.0577. The van der Waals surface area contributed by atoms with E-state index in [1.807, 2.05) is 36.4 Å². The second-order valence-electron chi connectivity index (χ2n) is 5.74. The van der Waals surface area contributed by atoms with Gasteiger partial charge in [-0.3, -0.25) is 9.69 Å². The maximum Gasteiger partial charge on any atom is 0.266 e. The zero-order valence-electron chi connectivity index (χ0n) is 13.8. The van der Waals surface area contributed by atoms with E-state index in [1.165, 1.54) is 16.7 Å². The summed E-state index contributed by atoms with van der Waals surface area (Å²) in [6, 6.07) is 13.0.